The van der Waals surface area contributed by atoms with Crippen LogP contribution in [0.1, 0.15) is 6.42 Å². The van der Waals surface area contributed by atoms with Gasteiger partial charge in [0.1, 0.15) is 11.5 Å². The van der Waals surface area contributed by atoms with E-state index in [4.69, 9.17) is 0 Å². The van der Waals surface area contributed by atoms with E-state index in [0.29, 0.717) is 18.5 Å². The summed E-state index contributed by atoms with van der Waals surface area (Å²) in [5.74, 6) is -1.60. The zero-order chi connectivity index (χ0) is 17.7. The predicted octanol–water partition coefficient (Wildman–Crippen LogP) is 3.32. The van der Waals surface area contributed by atoms with Crippen molar-refractivity contribution in [3.8, 4) is 11.1 Å². The molecule has 2 heterocycles. The van der Waals surface area contributed by atoms with Crippen LogP contribution in [0.4, 0.5) is 30.3 Å². The first-order valence-electron chi connectivity index (χ1n) is 7.86. The number of nitrogens with zero attached hydrogens (tertiary/aromatic N) is 3. The fraction of sp³-hybridized carbons (Fsp3) is 0.294. The van der Waals surface area contributed by atoms with Crippen LogP contribution in [-0.4, -0.2) is 36.8 Å². The van der Waals surface area contributed by atoms with Gasteiger partial charge in [-0.15, -0.1) is 0 Å². The number of anilines is 3. The summed E-state index contributed by atoms with van der Waals surface area (Å²) in [6.45, 7) is 1.28. The summed E-state index contributed by atoms with van der Waals surface area (Å²) in [5.41, 5.74) is 1.07. The zero-order valence-corrected chi connectivity index (χ0v) is 13.4. The van der Waals surface area contributed by atoms with Crippen molar-refractivity contribution in [2.75, 3.05) is 30.1 Å². The van der Waals surface area contributed by atoms with Crippen LogP contribution in [-0.2, 0) is 4.84 Å². The molecule has 1 saturated heterocycles. The maximum absolute atomic E-state index is 14.6. The molecule has 8 heteroatoms. The number of hydrazine groups is 1. The van der Waals surface area contributed by atoms with E-state index < -0.39 is 11.6 Å². The quantitative estimate of drug-likeness (QED) is 0.520. The summed E-state index contributed by atoms with van der Waals surface area (Å²) in [4.78, 5) is 6.36. The molecule has 0 unspecified atom stereocenters. The largest absolute Gasteiger partial charge is 0.391 e. The molecular weight excluding hydrogens is 335 g/mol. The van der Waals surface area contributed by atoms with Crippen molar-refractivity contribution in [2.24, 2.45) is 0 Å². The molecule has 1 atom stereocenters. The average Bonchev–Trinajstić information content (AvgIpc) is 3.16. The van der Waals surface area contributed by atoms with Crippen molar-refractivity contribution in [1.29, 1.82) is 0 Å². The first-order valence-corrected chi connectivity index (χ1v) is 7.86. The van der Waals surface area contributed by atoms with E-state index >= 15 is 0 Å². The minimum absolute atomic E-state index is 0.0486. The molecule has 2 aromatic carbocycles. The number of benzene rings is 2. The van der Waals surface area contributed by atoms with Gasteiger partial charge in [0.05, 0.1) is 29.9 Å². The Labute approximate surface area is 142 Å². The summed E-state index contributed by atoms with van der Waals surface area (Å²) in [7, 11) is 1.09. The number of aliphatic hydroxyl groups excluding tert-OH is 1. The van der Waals surface area contributed by atoms with Crippen molar-refractivity contribution >= 4 is 17.1 Å². The summed E-state index contributed by atoms with van der Waals surface area (Å²) in [6, 6.07) is 7.82. The Bertz CT molecular complexity index is 816. The summed E-state index contributed by atoms with van der Waals surface area (Å²) in [5, 5.41) is 10.3. The van der Waals surface area contributed by atoms with E-state index in [-0.39, 0.29) is 28.4 Å². The van der Waals surface area contributed by atoms with Crippen molar-refractivity contribution in [2.45, 2.75) is 12.5 Å². The molecule has 1 N–H and O–H groups in total. The van der Waals surface area contributed by atoms with Crippen LogP contribution < -0.4 is 9.91 Å². The molecule has 2 aliphatic rings. The summed E-state index contributed by atoms with van der Waals surface area (Å²) in [6.07, 6.45) is 0.347. The third-order valence-corrected chi connectivity index (χ3v) is 4.55. The third-order valence-electron chi connectivity index (χ3n) is 4.55. The van der Waals surface area contributed by atoms with Gasteiger partial charge >= 0.3 is 0 Å². The monoisotopic (exact) mass is 351 g/mol. The molecular formula is C17H16F3N3O2. The number of hydrogen-bond donors (Lipinski definition) is 1. The van der Waals surface area contributed by atoms with Crippen LogP contribution in [0.3, 0.4) is 0 Å². The molecule has 0 spiro atoms. The number of fused-ring (bicyclic) bond motifs is 1. The van der Waals surface area contributed by atoms with Gasteiger partial charge in [-0.3, -0.25) is 4.84 Å². The van der Waals surface area contributed by atoms with Gasteiger partial charge in [0, 0.05) is 24.8 Å². The van der Waals surface area contributed by atoms with Crippen LogP contribution in [0.25, 0.3) is 11.1 Å². The van der Waals surface area contributed by atoms with Crippen LogP contribution >= 0.6 is 0 Å². The summed E-state index contributed by atoms with van der Waals surface area (Å²) < 4.78 is 42.4. The lowest BCUT2D eigenvalue weighted by molar-refractivity contribution is -0.257. The molecule has 0 aromatic heterocycles. The number of aliphatic hydroxyl groups is 1. The van der Waals surface area contributed by atoms with E-state index in [9.17, 15) is 18.4 Å². The SMILES string of the molecule is CON(F)N1c2cc(F)c(-c3ccc(N4CC[C@@H](O)C4)cc3)c(F)c21. The van der Waals surface area contributed by atoms with E-state index in [1.807, 2.05) is 4.90 Å². The maximum Gasteiger partial charge on any atom is 0.161 e. The normalized spacial score (nSPS) is 18.9. The van der Waals surface area contributed by atoms with Crippen LogP contribution in [0.5, 0.6) is 0 Å². The van der Waals surface area contributed by atoms with Crippen molar-refractivity contribution in [3.05, 3.63) is 42.0 Å². The van der Waals surface area contributed by atoms with E-state index in [1.165, 1.54) is 0 Å². The van der Waals surface area contributed by atoms with E-state index in [0.717, 1.165) is 30.4 Å². The average molecular weight is 351 g/mol. The molecule has 0 radical (unpaired) electrons. The van der Waals surface area contributed by atoms with Gasteiger partial charge in [-0.2, -0.15) is 0 Å². The maximum atomic E-state index is 14.6. The molecule has 0 bridgehead atoms. The predicted molar refractivity (Wildman–Crippen MR) is 86.7 cm³/mol. The molecule has 132 valence electrons. The fourth-order valence-electron chi connectivity index (χ4n) is 3.24. The van der Waals surface area contributed by atoms with Gasteiger partial charge < -0.3 is 10.0 Å². The van der Waals surface area contributed by atoms with Crippen molar-refractivity contribution in [1.82, 2.24) is 5.39 Å². The van der Waals surface area contributed by atoms with Crippen LogP contribution in [0.15, 0.2) is 30.3 Å². The van der Waals surface area contributed by atoms with Crippen molar-refractivity contribution in [3.63, 3.8) is 0 Å². The van der Waals surface area contributed by atoms with Gasteiger partial charge in [-0.25, -0.2) is 13.8 Å². The lowest BCUT2D eigenvalue weighted by atomic mass is 10.0. The number of hydrogen-bond acceptors (Lipinski definition) is 5. The smallest absolute Gasteiger partial charge is 0.161 e. The molecule has 4 rings (SSSR count). The number of β-amino-alcohol motifs (C(OH)–C–C–N with tert-alkyl or cyclic N) is 1. The highest BCUT2D eigenvalue weighted by Crippen LogP contribution is 2.54. The van der Waals surface area contributed by atoms with E-state index in [1.54, 1.807) is 24.3 Å². The van der Waals surface area contributed by atoms with Gasteiger partial charge in [0.25, 0.3) is 0 Å². The Morgan fingerprint density at radius 2 is 1.96 bits per heavy atom. The second-order valence-electron chi connectivity index (χ2n) is 6.07. The zero-order valence-electron chi connectivity index (χ0n) is 13.4. The highest BCUT2D eigenvalue weighted by molar-refractivity contribution is 5.95. The van der Waals surface area contributed by atoms with Gasteiger partial charge in [-0.05, 0) is 24.1 Å². The van der Waals surface area contributed by atoms with Gasteiger partial charge in [0.2, 0.25) is 0 Å². The summed E-state index contributed by atoms with van der Waals surface area (Å²) >= 11 is 0. The number of halogens is 3. The fourth-order valence-corrected chi connectivity index (χ4v) is 3.24. The first kappa shape index (κ1) is 16.2. The minimum atomic E-state index is -0.834. The minimum Gasteiger partial charge on any atom is -0.391 e. The third kappa shape index (κ3) is 2.62. The standard InChI is InChI=1S/C17H16F3N3O2/c1-25-23(20)22-14-8-13(18)15(16(19)17(14)22)10-2-4-11(5-3-10)21-7-6-12(24)9-21/h2-5,8,12,24H,6-7,9H2,1H3/t12-,22?/m1/s1. The molecule has 0 aliphatic carbocycles. The molecule has 0 saturated carbocycles. The molecule has 2 aliphatic heterocycles. The van der Waals surface area contributed by atoms with E-state index in [2.05, 4.69) is 4.84 Å². The lowest BCUT2D eigenvalue weighted by Crippen LogP contribution is -2.21. The molecule has 0 amide bonds. The Morgan fingerprint density at radius 1 is 1.24 bits per heavy atom. The Morgan fingerprint density at radius 3 is 2.56 bits per heavy atom. The first-order chi connectivity index (χ1) is 12.0. The van der Waals surface area contributed by atoms with Gasteiger partial charge in [-0.1, -0.05) is 16.6 Å². The Kier molecular flexibility index (Phi) is 3.82. The van der Waals surface area contributed by atoms with Crippen LogP contribution in [0.2, 0.25) is 0 Å². The van der Waals surface area contributed by atoms with Gasteiger partial charge in [0.15, 0.2) is 5.82 Å². The Balaban J connectivity index is 1.64. The molecule has 5 nitrogen and oxygen atoms in total. The molecule has 1 fully saturated rings. The Hall–Kier alpha value is -2.29. The highest BCUT2D eigenvalue weighted by Gasteiger charge is 2.42. The van der Waals surface area contributed by atoms with Crippen LogP contribution in [0, 0.1) is 11.6 Å². The molecule has 2 aromatic rings. The topological polar surface area (TPSA) is 39.0 Å². The lowest BCUT2D eigenvalue weighted by Gasteiger charge is -2.18. The molecule has 25 heavy (non-hydrogen) atoms. The van der Waals surface area contributed by atoms with Crippen molar-refractivity contribution < 1.29 is 23.2 Å². The second kappa shape index (κ2) is 5.91. The highest BCUT2D eigenvalue weighted by atomic mass is 19.2. The number of rotatable bonds is 4. The second-order valence-corrected chi connectivity index (χ2v) is 6.07.